The van der Waals surface area contributed by atoms with Gasteiger partial charge in [-0.15, -0.1) is 0 Å². The van der Waals surface area contributed by atoms with Gasteiger partial charge in [0.15, 0.2) is 0 Å². The van der Waals surface area contributed by atoms with Crippen LogP contribution in [0.1, 0.15) is 39.0 Å². The predicted molar refractivity (Wildman–Crippen MR) is 66.6 cm³/mol. The molecule has 2 unspecified atom stereocenters. The highest BCUT2D eigenvalue weighted by molar-refractivity contribution is 4.88. The maximum absolute atomic E-state index is 5.52. The maximum Gasteiger partial charge on any atom is 0.0724 e. The molecule has 0 aromatic rings. The summed E-state index contributed by atoms with van der Waals surface area (Å²) in [6.45, 7) is 5.92. The maximum atomic E-state index is 5.52. The second kappa shape index (κ2) is 5.48. The number of rotatable bonds is 4. The molecule has 0 radical (unpaired) electrons. The monoisotopic (exact) mass is 226 g/mol. The van der Waals surface area contributed by atoms with Gasteiger partial charge in [0.1, 0.15) is 0 Å². The Morgan fingerprint density at radius 2 is 2.06 bits per heavy atom. The third-order valence-corrected chi connectivity index (χ3v) is 4.36. The Kier molecular flexibility index (Phi) is 4.22. The second-order valence-electron chi connectivity index (χ2n) is 5.75. The molecule has 1 saturated heterocycles. The van der Waals surface area contributed by atoms with Crippen LogP contribution >= 0.6 is 0 Å². The van der Waals surface area contributed by atoms with Gasteiger partial charge in [0.25, 0.3) is 0 Å². The Morgan fingerprint density at radius 3 is 2.75 bits per heavy atom. The minimum absolute atomic E-state index is 0.449. The van der Waals surface area contributed by atoms with Crippen molar-refractivity contribution in [2.75, 3.05) is 26.7 Å². The molecule has 2 fully saturated rings. The number of hydrogen-bond donors (Lipinski definition) is 2. The van der Waals surface area contributed by atoms with Crippen LogP contribution in [-0.2, 0) is 4.74 Å². The van der Waals surface area contributed by atoms with Gasteiger partial charge >= 0.3 is 0 Å². The first-order valence-corrected chi connectivity index (χ1v) is 6.70. The number of piperidine rings is 1. The molecule has 1 saturated carbocycles. The van der Waals surface area contributed by atoms with Crippen LogP contribution < -0.4 is 10.6 Å². The SMILES string of the molecule is COC1CCCC1NCC1(C)CCNCC1. The Bertz CT molecular complexity index is 214. The van der Waals surface area contributed by atoms with Crippen LogP contribution in [0.3, 0.4) is 0 Å². The van der Waals surface area contributed by atoms with E-state index in [1.54, 1.807) is 0 Å². The van der Waals surface area contributed by atoms with E-state index in [1.165, 1.54) is 45.2 Å². The number of methoxy groups -OCH3 is 1. The van der Waals surface area contributed by atoms with E-state index < -0.39 is 0 Å². The summed E-state index contributed by atoms with van der Waals surface area (Å²) in [5.74, 6) is 0. The Hall–Kier alpha value is -0.120. The topological polar surface area (TPSA) is 33.3 Å². The lowest BCUT2D eigenvalue weighted by Crippen LogP contribution is -2.46. The van der Waals surface area contributed by atoms with E-state index in [1.807, 2.05) is 7.11 Å². The standard InChI is InChI=1S/C13H26N2O/c1-13(6-8-14-9-7-13)10-15-11-4-3-5-12(11)16-2/h11-12,14-15H,3-10H2,1-2H3. The molecular weight excluding hydrogens is 200 g/mol. The van der Waals surface area contributed by atoms with E-state index in [0.717, 1.165) is 6.54 Å². The van der Waals surface area contributed by atoms with E-state index in [0.29, 0.717) is 17.6 Å². The van der Waals surface area contributed by atoms with E-state index >= 15 is 0 Å². The van der Waals surface area contributed by atoms with Crippen molar-refractivity contribution in [2.24, 2.45) is 5.41 Å². The summed E-state index contributed by atoms with van der Waals surface area (Å²) in [6.07, 6.45) is 6.87. The molecule has 94 valence electrons. The van der Waals surface area contributed by atoms with Gasteiger partial charge in [-0.1, -0.05) is 6.92 Å². The van der Waals surface area contributed by atoms with Crippen LogP contribution in [0.4, 0.5) is 0 Å². The zero-order valence-electron chi connectivity index (χ0n) is 10.7. The van der Waals surface area contributed by atoms with Crippen molar-refractivity contribution in [1.29, 1.82) is 0 Å². The predicted octanol–water partition coefficient (Wildman–Crippen LogP) is 1.53. The molecule has 0 bridgehead atoms. The molecule has 0 aromatic heterocycles. The zero-order chi connectivity index (χ0) is 11.4. The minimum atomic E-state index is 0.449. The molecule has 2 N–H and O–H groups in total. The van der Waals surface area contributed by atoms with Gasteiger partial charge < -0.3 is 15.4 Å². The van der Waals surface area contributed by atoms with Gasteiger partial charge in [0, 0.05) is 19.7 Å². The first kappa shape index (κ1) is 12.3. The third-order valence-electron chi connectivity index (χ3n) is 4.36. The van der Waals surface area contributed by atoms with Crippen LogP contribution in [0.25, 0.3) is 0 Å². The largest absolute Gasteiger partial charge is 0.380 e. The Balaban J connectivity index is 1.77. The van der Waals surface area contributed by atoms with E-state index in [-0.39, 0.29) is 0 Å². The molecule has 2 atom stereocenters. The molecule has 2 rings (SSSR count). The molecule has 1 heterocycles. The summed E-state index contributed by atoms with van der Waals surface area (Å²) in [5, 5.41) is 7.18. The minimum Gasteiger partial charge on any atom is -0.380 e. The zero-order valence-corrected chi connectivity index (χ0v) is 10.7. The van der Waals surface area contributed by atoms with Crippen LogP contribution in [0.15, 0.2) is 0 Å². The molecule has 0 amide bonds. The molecule has 1 aliphatic carbocycles. The summed E-state index contributed by atoms with van der Waals surface area (Å²) in [4.78, 5) is 0. The highest BCUT2D eigenvalue weighted by atomic mass is 16.5. The average Bonchev–Trinajstić information content (AvgIpc) is 2.75. The highest BCUT2D eigenvalue weighted by Crippen LogP contribution is 2.28. The van der Waals surface area contributed by atoms with Crippen molar-refractivity contribution in [2.45, 2.75) is 51.2 Å². The lowest BCUT2D eigenvalue weighted by Gasteiger charge is -2.36. The summed E-state index contributed by atoms with van der Waals surface area (Å²) in [5.41, 5.74) is 0.492. The van der Waals surface area contributed by atoms with Crippen LogP contribution in [-0.4, -0.2) is 38.9 Å². The third kappa shape index (κ3) is 2.96. The lowest BCUT2D eigenvalue weighted by molar-refractivity contribution is 0.0786. The van der Waals surface area contributed by atoms with Gasteiger partial charge in [0.05, 0.1) is 6.10 Å². The van der Waals surface area contributed by atoms with Gasteiger partial charge in [-0.2, -0.15) is 0 Å². The van der Waals surface area contributed by atoms with Gasteiger partial charge in [0.2, 0.25) is 0 Å². The Morgan fingerprint density at radius 1 is 1.31 bits per heavy atom. The molecule has 16 heavy (non-hydrogen) atoms. The van der Waals surface area contributed by atoms with Gasteiger partial charge in [-0.05, 0) is 50.6 Å². The number of nitrogens with one attached hydrogen (secondary N) is 2. The van der Waals surface area contributed by atoms with Crippen molar-refractivity contribution in [3.63, 3.8) is 0 Å². The van der Waals surface area contributed by atoms with E-state index in [9.17, 15) is 0 Å². The molecule has 3 heteroatoms. The van der Waals surface area contributed by atoms with Crippen molar-refractivity contribution in [3.8, 4) is 0 Å². The van der Waals surface area contributed by atoms with Gasteiger partial charge in [-0.25, -0.2) is 0 Å². The second-order valence-corrected chi connectivity index (χ2v) is 5.75. The smallest absolute Gasteiger partial charge is 0.0724 e. The quantitative estimate of drug-likeness (QED) is 0.763. The van der Waals surface area contributed by atoms with Crippen molar-refractivity contribution < 1.29 is 4.74 Å². The van der Waals surface area contributed by atoms with Gasteiger partial charge in [-0.3, -0.25) is 0 Å². The molecule has 2 aliphatic rings. The van der Waals surface area contributed by atoms with E-state index in [4.69, 9.17) is 4.74 Å². The summed E-state index contributed by atoms with van der Waals surface area (Å²) >= 11 is 0. The first-order chi connectivity index (χ1) is 7.73. The molecular formula is C13H26N2O. The van der Waals surface area contributed by atoms with Crippen molar-refractivity contribution in [3.05, 3.63) is 0 Å². The van der Waals surface area contributed by atoms with Crippen molar-refractivity contribution in [1.82, 2.24) is 10.6 Å². The van der Waals surface area contributed by atoms with Crippen LogP contribution in [0.2, 0.25) is 0 Å². The normalized spacial score (nSPS) is 34.1. The summed E-state index contributed by atoms with van der Waals surface area (Å²) in [6, 6.07) is 0.594. The highest BCUT2D eigenvalue weighted by Gasteiger charge is 2.31. The lowest BCUT2D eigenvalue weighted by atomic mass is 9.81. The Labute approximate surface area is 99.3 Å². The fraction of sp³-hybridized carbons (Fsp3) is 1.00. The number of hydrogen-bond acceptors (Lipinski definition) is 3. The number of ether oxygens (including phenoxy) is 1. The molecule has 1 aliphatic heterocycles. The summed E-state index contributed by atoms with van der Waals surface area (Å²) in [7, 11) is 1.84. The fourth-order valence-corrected chi connectivity index (χ4v) is 3.03. The van der Waals surface area contributed by atoms with E-state index in [2.05, 4.69) is 17.6 Å². The van der Waals surface area contributed by atoms with Crippen molar-refractivity contribution >= 4 is 0 Å². The molecule has 3 nitrogen and oxygen atoms in total. The molecule has 0 spiro atoms. The first-order valence-electron chi connectivity index (χ1n) is 6.70. The average molecular weight is 226 g/mol. The molecule has 0 aromatic carbocycles. The fourth-order valence-electron chi connectivity index (χ4n) is 3.03. The van der Waals surface area contributed by atoms with Crippen LogP contribution in [0.5, 0.6) is 0 Å². The summed E-state index contributed by atoms with van der Waals surface area (Å²) < 4.78 is 5.52. The van der Waals surface area contributed by atoms with Crippen LogP contribution in [0, 0.1) is 5.41 Å².